The van der Waals surface area contributed by atoms with E-state index in [0.717, 1.165) is 48.5 Å². The molecule has 1 aliphatic rings. The van der Waals surface area contributed by atoms with Crippen molar-refractivity contribution in [2.75, 3.05) is 26.2 Å². The summed E-state index contributed by atoms with van der Waals surface area (Å²) in [6.07, 6.45) is 4.69. The van der Waals surface area contributed by atoms with Gasteiger partial charge in [0.15, 0.2) is 0 Å². The van der Waals surface area contributed by atoms with E-state index >= 15 is 0 Å². The van der Waals surface area contributed by atoms with E-state index in [4.69, 9.17) is 20.6 Å². The van der Waals surface area contributed by atoms with Gasteiger partial charge in [0.25, 0.3) is 0 Å². The molecule has 2 aromatic rings. The zero-order valence-electron chi connectivity index (χ0n) is 21.5. The summed E-state index contributed by atoms with van der Waals surface area (Å²) in [5, 5.41) is 38.3. The molecule has 2 aromatic heterocycles. The van der Waals surface area contributed by atoms with Crippen molar-refractivity contribution in [2.24, 2.45) is 20.0 Å². The van der Waals surface area contributed by atoms with E-state index in [0.29, 0.717) is 61.8 Å². The fourth-order valence-corrected chi connectivity index (χ4v) is 2.81. The van der Waals surface area contributed by atoms with Crippen molar-refractivity contribution >= 4 is 28.9 Å². The maximum atomic E-state index is 8.24. The Hall–Kier alpha value is -3.36. The third-order valence-electron chi connectivity index (χ3n) is 4.73. The van der Waals surface area contributed by atoms with Gasteiger partial charge in [-0.15, -0.1) is 0 Å². The zero-order chi connectivity index (χ0) is 26.8. The van der Waals surface area contributed by atoms with Crippen molar-refractivity contribution in [3.63, 3.8) is 0 Å². The molecule has 2 radical (unpaired) electrons. The quantitative estimate of drug-likeness (QED) is 0.229. The van der Waals surface area contributed by atoms with Gasteiger partial charge in [0, 0.05) is 43.9 Å². The molecule has 0 N–H and O–H groups in total. The van der Waals surface area contributed by atoms with Crippen LogP contribution in [-0.2, 0) is 38.4 Å². The summed E-state index contributed by atoms with van der Waals surface area (Å²) in [6, 6.07) is 0. The van der Waals surface area contributed by atoms with E-state index in [1.807, 2.05) is 27.7 Å². The molecular formula is C22H28Co2N12O2. The van der Waals surface area contributed by atoms with Crippen LogP contribution in [0.1, 0.15) is 76.7 Å². The molecule has 3 heterocycles. The van der Waals surface area contributed by atoms with Gasteiger partial charge >= 0.3 is 33.6 Å². The Kier molecular flexibility index (Phi) is 21.0. The number of hydrogen-bond acceptors (Lipinski definition) is 11. The number of aliphatic imine (C=N–C) groups is 4. The van der Waals surface area contributed by atoms with Crippen LogP contribution in [0.25, 0.3) is 5.41 Å². The SMILES string of the molecule is CC1=NCCCCN=C(C)c2nc(n[n-]2)C(C)=NCCCCN=C(C)c2nc1n[n-]2.N#C[O-].[Co+2].[Co+2].[N-]=C=O. The normalized spacial score (nSPS) is 14.4. The van der Waals surface area contributed by atoms with Crippen LogP contribution in [-0.4, -0.2) is 75.3 Å². The number of rotatable bonds is 0. The molecule has 0 spiro atoms. The summed E-state index contributed by atoms with van der Waals surface area (Å²) in [7, 11) is 0. The van der Waals surface area contributed by atoms with Crippen LogP contribution < -0.4 is 15.3 Å². The van der Waals surface area contributed by atoms with Crippen LogP contribution in [0.3, 0.4) is 0 Å². The molecule has 0 saturated heterocycles. The van der Waals surface area contributed by atoms with Gasteiger partial charge in [0.05, 0.1) is 23.1 Å². The van der Waals surface area contributed by atoms with Gasteiger partial charge in [-0.2, -0.15) is 0 Å². The molecule has 0 atom stereocenters. The summed E-state index contributed by atoms with van der Waals surface area (Å²) >= 11 is 0. The summed E-state index contributed by atoms with van der Waals surface area (Å²) in [4.78, 5) is 35.4. The molecule has 0 amide bonds. The summed E-state index contributed by atoms with van der Waals surface area (Å²) in [6.45, 7) is 10.4. The minimum atomic E-state index is 0. The van der Waals surface area contributed by atoms with Gasteiger partial charge in [-0.05, 0) is 71.1 Å². The Labute approximate surface area is 242 Å². The molecule has 0 aliphatic carbocycles. The molecule has 206 valence electrons. The number of nitrogens with zero attached hydrogens (tertiary/aromatic N) is 12. The first-order valence-corrected chi connectivity index (χ1v) is 11.2. The van der Waals surface area contributed by atoms with Crippen molar-refractivity contribution < 1.29 is 43.5 Å². The van der Waals surface area contributed by atoms with E-state index in [1.54, 1.807) is 0 Å². The molecule has 0 aromatic carbocycles. The first kappa shape index (κ1) is 36.8. The van der Waals surface area contributed by atoms with Crippen LogP contribution in [0.4, 0.5) is 0 Å². The van der Waals surface area contributed by atoms with Crippen molar-refractivity contribution in [3.8, 4) is 6.26 Å². The van der Waals surface area contributed by atoms with Gasteiger partial charge in [-0.1, -0.05) is 0 Å². The van der Waals surface area contributed by atoms with Crippen LogP contribution in [0.2, 0.25) is 0 Å². The van der Waals surface area contributed by atoms with Crippen LogP contribution in [0.5, 0.6) is 0 Å². The largest absolute Gasteiger partial charge is 2.00 e. The van der Waals surface area contributed by atoms with Crippen LogP contribution in [0.15, 0.2) is 20.0 Å². The average molecular weight is 610 g/mol. The predicted molar refractivity (Wildman–Crippen MR) is 132 cm³/mol. The summed E-state index contributed by atoms with van der Waals surface area (Å²) in [5.74, 6) is 2.27. The molecular weight excluding hydrogens is 582 g/mol. The summed E-state index contributed by atoms with van der Waals surface area (Å²) < 4.78 is 0. The minimum Gasteiger partial charge on any atom is -0.812 e. The molecule has 1 aliphatic heterocycles. The molecule has 16 heteroatoms. The molecule has 4 bridgehead atoms. The molecule has 0 fully saturated rings. The molecule has 14 nitrogen and oxygen atoms in total. The molecule has 38 heavy (non-hydrogen) atoms. The first-order valence-electron chi connectivity index (χ1n) is 11.2. The first-order chi connectivity index (χ1) is 17.4. The van der Waals surface area contributed by atoms with Gasteiger partial charge in [-0.3, -0.25) is 35.0 Å². The number of carbonyl (C=O) groups excluding carboxylic acids is 1. The second-order valence-electron chi connectivity index (χ2n) is 7.38. The average Bonchev–Trinajstić information content (AvgIpc) is 3.54. The van der Waals surface area contributed by atoms with E-state index in [-0.39, 0.29) is 33.6 Å². The third-order valence-corrected chi connectivity index (χ3v) is 4.73. The van der Waals surface area contributed by atoms with Gasteiger partial charge in [0.2, 0.25) is 0 Å². The number of aromatic nitrogens is 6. The Morgan fingerprint density at radius 3 is 1.26 bits per heavy atom. The van der Waals surface area contributed by atoms with Crippen molar-refractivity contribution in [1.29, 1.82) is 5.26 Å². The Morgan fingerprint density at radius 1 is 0.711 bits per heavy atom. The third kappa shape index (κ3) is 13.8. The van der Waals surface area contributed by atoms with E-state index in [1.165, 1.54) is 0 Å². The van der Waals surface area contributed by atoms with Gasteiger partial charge in [-0.25, -0.2) is 5.26 Å². The van der Waals surface area contributed by atoms with Crippen LogP contribution >= 0.6 is 0 Å². The number of fused-ring (bicyclic) bond motifs is 4. The maximum Gasteiger partial charge on any atom is 2.00 e. The maximum absolute atomic E-state index is 8.24. The standard InChI is InChI=1S/C20H28N10.CHNO.CNO.2Co/c1-13-17-25-18(28-27-17)14(2)22-11-7-8-12-24-16(4)20-26-19(29-30-20)15(3)23-10-6-5-9-21-13;2*2-1-3;;/h5-12H2,1-4H3;3H;;;/q-2;;-1;2*+2/p-1. The second kappa shape index (κ2) is 21.7. The van der Waals surface area contributed by atoms with Crippen LogP contribution in [0, 0.1) is 11.5 Å². The number of hydrogen-bond donors (Lipinski definition) is 0. The van der Waals surface area contributed by atoms with Crippen molar-refractivity contribution in [3.05, 3.63) is 28.7 Å². The fraction of sp³-hybridized carbons (Fsp3) is 0.545. The molecule has 0 unspecified atom stereocenters. The number of isocyanates is 1. The predicted octanol–water partition coefficient (Wildman–Crippen LogP) is 0.406. The van der Waals surface area contributed by atoms with E-state index < -0.39 is 0 Å². The van der Waals surface area contributed by atoms with Crippen molar-refractivity contribution in [2.45, 2.75) is 53.4 Å². The number of nitriles is 1. The zero-order valence-corrected chi connectivity index (χ0v) is 23.6. The Morgan fingerprint density at radius 2 is 0.974 bits per heavy atom. The van der Waals surface area contributed by atoms with E-state index in [2.05, 4.69) is 50.3 Å². The Bertz CT molecular complexity index is 1000. The van der Waals surface area contributed by atoms with Gasteiger partial charge in [0.1, 0.15) is 0 Å². The minimum absolute atomic E-state index is 0. The molecule has 3 rings (SSSR count). The second-order valence-corrected chi connectivity index (χ2v) is 7.38. The Balaban J connectivity index is 0. The monoisotopic (exact) mass is 610 g/mol. The molecule has 0 saturated carbocycles. The van der Waals surface area contributed by atoms with Crippen molar-refractivity contribution in [1.82, 2.24) is 30.4 Å². The topological polar surface area (TPSA) is 215 Å². The smallest absolute Gasteiger partial charge is 0.812 e. The summed E-state index contributed by atoms with van der Waals surface area (Å²) in [5.41, 5.74) is 3.17. The van der Waals surface area contributed by atoms with E-state index in [9.17, 15) is 0 Å². The van der Waals surface area contributed by atoms with Gasteiger partial charge < -0.3 is 30.7 Å². The fourth-order valence-electron chi connectivity index (χ4n) is 2.81.